The Kier molecular flexibility index (Phi) is 55.9. The SMILES string of the molecule is CC[C@H]1OC(=O)[C@H](C)[C@@H](O[C@H]2C[C@@](C)(OC)[C@@H](O)[C@H](C)O2)[C@H](C)[C@@H](O[C@@H]2O[C@H](C)C[C@H](N(C)CCCCC(=O)N[C@H](CF)[C@H](O)c3ccc(C)cc3)[C@H]2O)[C@](C)(O)C[C@@H](C)CN(C)[C@H](C)[C@@H](O)[C@]1(C)O.CC[C@H]1OC(=O)[C@H](C)[C@@H](O[C@H]2C[C@@](C)(OC)[C@@H](O)[C@H](C)O2)[C@H](C)[C@@H](O[C@@H]2O[C@H](C)C[C@H](N(C)CCCCC(=O)O)[C@H]2O)[C@](C)(O)C[C@@H](C)CN(C)[C@H](C)[C@@H](O)[C@]1(C)O.Cc1ccc([C@@H](O)[C@H](N)CF)cc1.O=S=O.O=S=O. The summed E-state index contributed by atoms with van der Waals surface area (Å²) in [6, 6.07) is 10.4. The number of carbonyl (C=O) groups excluding carboxylic acids is 3. The molecule has 43 heteroatoms. The first-order valence-electron chi connectivity index (χ1n) is 51.7. The van der Waals surface area contributed by atoms with E-state index in [1.807, 2.05) is 114 Å². The summed E-state index contributed by atoms with van der Waals surface area (Å²) in [6.07, 6.45) is -18.3. The second-order valence-electron chi connectivity index (χ2n) is 43.7. The highest BCUT2D eigenvalue weighted by Crippen LogP contribution is 2.45. The standard InChI is InChI=1S/C52H90FN3O14.C42H78N2O14.C10H14FNO.2O2S/c1-15-39-52(11,64)45(60)34(7)56(13)28-30(3)25-50(9,63)47(32(5)44(33(6)48(62)68-39)69-41-26-51(10,65-14)46(61)35(8)67-41)70-49-43(59)38(24-31(4)66-49)55(12)23-17-16-18-40(57)54-37(27-53)42(58)36-21-19-29(2)20-22-36;1-14-30-42(10,52)35(48)27(6)44(12)22-23(2)20-40(8,51)37(58-39-33(47)29(19-24(3)54-39)43(11)18-16-15-17-31(45)46)25(4)34(26(5)38(50)56-30)57-32-21-41(9,53-13)36(49)28(7)55-32;1-7-2-4-8(5-3-7)10(13)9(12)6-11;2*1-3-2/h19-22,30-35,37-39,41-47,49,58-61,63-64H,15-18,23-28H2,1-14H3,(H,54,57);23-30,32-37,39,47-49,51-52H,14-22H2,1-13H3,(H,45,46);2-5,9-10,13H,6,12H2,1H3;;/t30-,31-,32+,33-,34-,35+,37-,38+,39-,41+,42-,43-,44+,45-,46+,47-,49+,50-,51-,52-;23-,24-,25+,26-,27-,28+,29+,30-,32+,33-,34+,35-,36+,37-,39+,40-,41-,42-;9-,10-;;/m111../s1. The number of aryl methyl sites for hydroxylation is 2. The van der Waals surface area contributed by atoms with E-state index in [1.54, 1.807) is 121 Å². The largest absolute Gasteiger partial charge is 0.481 e. The van der Waals surface area contributed by atoms with E-state index >= 15 is 0 Å². The normalized spacial score (nSPS) is 38.9. The van der Waals surface area contributed by atoms with E-state index in [2.05, 4.69) is 5.32 Å². The van der Waals surface area contributed by atoms with Gasteiger partial charge < -0.3 is 154 Å². The highest BCUT2D eigenvalue weighted by molar-refractivity contribution is 7.52. The van der Waals surface area contributed by atoms with Crippen molar-refractivity contribution < 1.29 is 168 Å². The number of rotatable bonds is 31. The number of carbonyl (C=O) groups is 4. The van der Waals surface area contributed by atoms with E-state index in [1.165, 1.54) is 28.1 Å². The number of hydrogen-bond acceptors (Lipinski definition) is 37. The van der Waals surface area contributed by atoms with E-state index in [-0.39, 0.29) is 75.2 Å². The molecule has 6 aliphatic rings. The Morgan fingerprint density at radius 1 is 0.524 bits per heavy atom. The molecule has 16 N–H and O–H groups in total. The summed E-state index contributed by atoms with van der Waals surface area (Å²) in [7, 11) is 10.4. The van der Waals surface area contributed by atoms with Crippen molar-refractivity contribution in [3.05, 3.63) is 70.8 Å². The summed E-state index contributed by atoms with van der Waals surface area (Å²) >= 11 is -1.50. The number of esters is 2. The molecule has 147 heavy (non-hydrogen) atoms. The van der Waals surface area contributed by atoms with Crippen LogP contribution in [0.1, 0.15) is 263 Å². The zero-order valence-corrected chi connectivity index (χ0v) is 93.4. The number of nitrogens with two attached hydrogens (primary N) is 1. The minimum atomic E-state index is -1.85. The predicted octanol–water partition coefficient (Wildman–Crippen LogP) is 6.45. The number of likely N-dealkylation sites (N-methyl/N-ethyl adjacent to an activating group) is 4. The lowest BCUT2D eigenvalue weighted by molar-refractivity contribution is -0.318. The maximum Gasteiger partial charge on any atom is 0.335 e. The number of aliphatic hydroxyl groups is 12. The number of alkyl halides is 2. The molecule has 2 aromatic rings. The molecular weight excluding hydrogens is 1960 g/mol. The first-order valence-corrected chi connectivity index (χ1v) is 53.0. The van der Waals surface area contributed by atoms with Crippen molar-refractivity contribution in [1.29, 1.82) is 0 Å². The molecule has 6 heterocycles. The Balaban J connectivity index is 0.000000524. The topological polar surface area (TPSA) is 561 Å². The van der Waals surface area contributed by atoms with Crippen LogP contribution in [0.5, 0.6) is 0 Å². The quantitative estimate of drug-likeness (QED) is 0.0285. The van der Waals surface area contributed by atoms with Crippen LogP contribution in [0.25, 0.3) is 0 Å². The van der Waals surface area contributed by atoms with Gasteiger partial charge in [0.2, 0.25) is 5.91 Å². The van der Waals surface area contributed by atoms with Crippen LogP contribution in [0.3, 0.4) is 0 Å². The molecule has 2 aromatic carbocycles. The molecule has 852 valence electrons. The molecule has 1 amide bonds. The van der Waals surface area contributed by atoms with Crippen LogP contribution in [0.2, 0.25) is 0 Å². The van der Waals surface area contributed by atoms with Crippen molar-refractivity contribution in [2.75, 3.05) is 81.9 Å². The number of amides is 1. The van der Waals surface area contributed by atoms with Gasteiger partial charge in [-0.1, -0.05) is 101 Å². The van der Waals surface area contributed by atoms with E-state index in [0.717, 1.165) is 11.1 Å². The molecule has 0 spiro atoms. The first kappa shape index (κ1) is 134. The van der Waals surface area contributed by atoms with Gasteiger partial charge in [-0.15, -0.1) is 0 Å². The van der Waals surface area contributed by atoms with Gasteiger partial charge in [-0.2, -0.15) is 16.8 Å². The van der Waals surface area contributed by atoms with Crippen LogP contribution in [0.15, 0.2) is 48.5 Å². The van der Waals surface area contributed by atoms with Crippen LogP contribution >= 0.6 is 0 Å². The van der Waals surface area contributed by atoms with Crippen molar-refractivity contribution in [2.45, 2.75) is 447 Å². The highest BCUT2D eigenvalue weighted by atomic mass is 32.1. The fraction of sp³-hybridized carbons (Fsp3) is 0.846. The number of carboxylic acid groups (broad SMARTS) is 1. The molecule has 0 unspecified atom stereocenters. The van der Waals surface area contributed by atoms with Gasteiger partial charge in [-0.05, 0) is 239 Å². The predicted molar refractivity (Wildman–Crippen MR) is 544 cm³/mol. The Labute approximate surface area is 876 Å². The van der Waals surface area contributed by atoms with Gasteiger partial charge in [0.15, 0.2) is 25.2 Å². The molecule has 0 radical (unpaired) electrons. The smallest absolute Gasteiger partial charge is 0.335 e. The van der Waals surface area contributed by atoms with E-state index < -0.39 is 277 Å². The molecule has 8 rings (SSSR count). The van der Waals surface area contributed by atoms with Crippen molar-refractivity contribution in [1.82, 2.24) is 24.9 Å². The van der Waals surface area contributed by atoms with Crippen LogP contribution in [0.4, 0.5) is 8.78 Å². The number of nitrogens with one attached hydrogen (secondary N) is 1. The third-order valence-electron chi connectivity index (χ3n) is 30.9. The van der Waals surface area contributed by atoms with E-state index in [4.69, 9.17) is 84.5 Å². The number of ether oxygens (including phenoxy) is 12. The van der Waals surface area contributed by atoms with E-state index in [9.17, 15) is 89.2 Å². The van der Waals surface area contributed by atoms with Gasteiger partial charge in [0.25, 0.3) is 0 Å². The lowest BCUT2D eigenvalue weighted by Gasteiger charge is -2.49. The van der Waals surface area contributed by atoms with Gasteiger partial charge in [0, 0.05) is 89.0 Å². The van der Waals surface area contributed by atoms with Crippen molar-refractivity contribution in [2.24, 2.45) is 41.2 Å². The van der Waals surface area contributed by atoms with Gasteiger partial charge in [0.05, 0.1) is 101 Å². The number of nitrogens with zero attached hydrogens (tertiary/aromatic N) is 4. The monoisotopic (exact) mass is 2150 g/mol. The Morgan fingerprint density at radius 3 is 1.18 bits per heavy atom. The number of hydrogen-bond donors (Lipinski definition) is 15. The maximum atomic E-state index is 14.4. The first-order chi connectivity index (χ1) is 68.4. The zero-order chi connectivity index (χ0) is 112. The molecule has 40 atom stereocenters. The fourth-order valence-corrected chi connectivity index (χ4v) is 21.5. The number of aliphatic carboxylic acids is 1. The summed E-state index contributed by atoms with van der Waals surface area (Å²) < 4.78 is 135. The van der Waals surface area contributed by atoms with Gasteiger partial charge in [-0.3, -0.25) is 19.2 Å². The third-order valence-corrected chi connectivity index (χ3v) is 30.9. The zero-order valence-electron chi connectivity index (χ0n) is 91.8. The minimum Gasteiger partial charge on any atom is -0.481 e. The molecule has 6 saturated heterocycles. The number of unbranched alkanes of at least 4 members (excludes halogenated alkanes) is 2. The number of benzene rings is 2. The lowest BCUT2D eigenvalue weighted by atomic mass is 9.77. The fourth-order valence-electron chi connectivity index (χ4n) is 21.5. The van der Waals surface area contributed by atoms with Crippen molar-refractivity contribution in [3.8, 4) is 0 Å². The molecule has 0 aromatic heterocycles. The molecule has 6 fully saturated rings. The Bertz CT molecular complexity index is 4260. The summed E-state index contributed by atoms with van der Waals surface area (Å²) in [5, 5.41) is 150. The second-order valence-corrected chi connectivity index (χ2v) is 43.9. The number of cyclic esters (lactones) is 2. The van der Waals surface area contributed by atoms with Crippen LogP contribution in [-0.2, 0) is 99.2 Å². The maximum absolute atomic E-state index is 14.4. The van der Waals surface area contributed by atoms with E-state index in [0.29, 0.717) is 75.8 Å². The van der Waals surface area contributed by atoms with Gasteiger partial charge >= 0.3 is 41.1 Å². The molecule has 0 saturated carbocycles. The van der Waals surface area contributed by atoms with Crippen molar-refractivity contribution >= 4 is 47.0 Å². The Morgan fingerprint density at radius 2 is 0.864 bits per heavy atom. The Hall–Kier alpha value is -5.26. The second kappa shape index (κ2) is 61.3. The van der Waals surface area contributed by atoms with Gasteiger partial charge in [-0.25, -0.2) is 8.78 Å². The molecule has 6 aliphatic heterocycles. The molecule has 0 aliphatic carbocycles. The van der Waals surface area contributed by atoms with Crippen LogP contribution in [-0.4, -0.2) is 401 Å². The molecular formula is C104H182F2N6O33S2. The third kappa shape index (κ3) is 38.1. The lowest BCUT2D eigenvalue weighted by Crippen LogP contribution is -2.60. The van der Waals surface area contributed by atoms with Crippen molar-refractivity contribution in [3.63, 3.8) is 0 Å². The molecule has 39 nitrogen and oxygen atoms in total. The average molecular weight is 2150 g/mol. The summed E-state index contributed by atoms with van der Waals surface area (Å²) in [4.78, 5) is 60.5. The number of halogens is 2. The minimum absolute atomic E-state index is 0.0540. The number of carboxylic acids is 1. The molecule has 0 bridgehead atoms. The number of aliphatic hydroxyl groups excluding tert-OH is 8. The van der Waals surface area contributed by atoms with Gasteiger partial charge in [0.1, 0.15) is 79.5 Å². The average Bonchev–Trinajstić information content (AvgIpc) is 1.72. The van der Waals surface area contributed by atoms with Crippen LogP contribution < -0.4 is 11.1 Å². The van der Waals surface area contributed by atoms with Crippen LogP contribution in [0, 0.1) is 49.4 Å². The summed E-state index contributed by atoms with van der Waals surface area (Å²) in [5.74, 6) is -6.89. The summed E-state index contributed by atoms with van der Waals surface area (Å²) in [6.45, 7) is 38.8. The summed E-state index contributed by atoms with van der Waals surface area (Å²) in [5.41, 5.74) is -0.463. The number of methoxy groups -OCH3 is 2. The highest BCUT2D eigenvalue weighted by Gasteiger charge is 2.57.